The molecule has 0 saturated heterocycles. The van der Waals surface area contributed by atoms with Gasteiger partial charge in [-0.25, -0.2) is 0 Å². The molecule has 92 valence electrons. The Hall–Kier alpha value is -0.600. The maximum absolute atomic E-state index is 5.57. The summed E-state index contributed by atoms with van der Waals surface area (Å²) in [7, 11) is 0. The van der Waals surface area contributed by atoms with Crippen molar-refractivity contribution in [3.05, 3.63) is 25.3 Å². The molecule has 1 fully saturated rings. The van der Waals surface area contributed by atoms with Crippen LogP contribution in [0.1, 0.15) is 25.7 Å². The molecule has 1 saturated carbocycles. The fraction of sp³-hybridized carbons (Fsp3) is 0.714. The van der Waals surface area contributed by atoms with Gasteiger partial charge in [-0.05, 0) is 24.7 Å². The maximum atomic E-state index is 5.57. The highest BCUT2D eigenvalue weighted by Crippen LogP contribution is 2.30. The van der Waals surface area contributed by atoms with Gasteiger partial charge in [0.15, 0.2) is 0 Å². The number of ether oxygens (including phenoxy) is 2. The Kier molecular flexibility index (Phi) is 7.19. The van der Waals surface area contributed by atoms with Crippen LogP contribution in [0.25, 0.3) is 0 Å². The van der Waals surface area contributed by atoms with Gasteiger partial charge in [0, 0.05) is 0 Å². The van der Waals surface area contributed by atoms with Crippen molar-refractivity contribution in [2.24, 2.45) is 11.8 Å². The van der Waals surface area contributed by atoms with Gasteiger partial charge >= 0.3 is 0 Å². The van der Waals surface area contributed by atoms with Gasteiger partial charge in [0.1, 0.15) is 0 Å². The normalized spacial score (nSPS) is 25.2. The second-order valence-corrected chi connectivity index (χ2v) is 4.46. The third-order valence-corrected chi connectivity index (χ3v) is 3.20. The average Bonchev–Trinajstić information content (AvgIpc) is 2.32. The van der Waals surface area contributed by atoms with E-state index < -0.39 is 0 Å². The molecule has 2 unspecified atom stereocenters. The summed E-state index contributed by atoms with van der Waals surface area (Å²) in [6.45, 7) is 10.4. The molecule has 0 amide bonds. The molecule has 2 atom stereocenters. The van der Waals surface area contributed by atoms with Crippen molar-refractivity contribution in [3.63, 3.8) is 0 Å². The van der Waals surface area contributed by atoms with Crippen molar-refractivity contribution in [2.45, 2.75) is 25.7 Å². The average molecular weight is 224 g/mol. The molecule has 0 aromatic rings. The number of rotatable bonds is 8. The van der Waals surface area contributed by atoms with Crippen LogP contribution >= 0.6 is 0 Å². The molecule has 2 heteroatoms. The van der Waals surface area contributed by atoms with Crippen molar-refractivity contribution >= 4 is 0 Å². The second kappa shape index (κ2) is 8.54. The maximum Gasteiger partial charge on any atom is 0.0644 e. The van der Waals surface area contributed by atoms with Crippen LogP contribution in [0, 0.1) is 11.8 Å². The van der Waals surface area contributed by atoms with Crippen LogP contribution in [0.4, 0.5) is 0 Å². The Morgan fingerprint density at radius 2 is 1.31 bits per heavy atom. The number of hydrogen-bond acceptors (Lipinski definition) is 2. The first-order valence-electron chi connectivity index (χ1n) is 6.25. The minimum atomic E-state index is 0.663. The van der Waals surface area contributed by atoms with Crippen molar-refractivity contribution < 1.29 is 9.47 Å². The third-order valence-electron chi connectivity index (χ3n) is 3.20. The highest BCUT2D eigenvalue weighted by Gasteiger charge is 2.25. The summed E-state index contributed by atoms with van der Waals surface area (Å²) in [6, 6.07) is 0. The van der Waals surface area contributed by atoms with E-state index in [4.69, 9.17) is 9.47 Å². The zero-order valence-electron chi connectivity index (χ0n) is 10.2. The van der Waals surface area contributed by atoms with Crippen LogP contribution in [0.3, 0.4) is 0 Å². The third kappa shape index (κ3) is 4.95. The molecule has 1 aliphatic rings. The molecule has 0 spiro atoms. The van der Waals surface area contributed by atoms with E-state index >= 15 is 0 Å². The van der Waals surface area contributed by atoms with E-state index in [1.807, 2.05) is 12.2 Å². The summed E-state index contributed by atoms with van der Waals surface area (Å²) in [4.78, 5) is 0. The standard InChI is InChI=1S/C14H24O2/c1-3-9-15-11-13-7-5-6-8-14(13)12-16-10-4-2/h3-4,13-14H,1-2,5-12H2. The molecule has 0 N–H and O–H groups in total. The summed E-state index contributed by atoms with van der Waals surface area (Å²) in [5, 5.41) is 0. The SMILES string of the molecule is C=CCOCC1CCCCC1COCC=C. The van der Waals surface area contributed by atoms with E-state index in [2.05, 4.69) is 13.2 Å². The van der Waals surface area contributed by atoms with E-state index in [-0.39, 0.29) is 0 Å². The predicted octanol–water partition coefficient (Wildman–Crippen LogP) is 3.20. The minimum Gasteiger partial charge on any atom is -0.377 e. The summed E-state index contributed by atoms with van der Waals surface area (Å²) in [6.07, 6.45) is 8.84. The van der Waals surface area contributed by atoms with Gasteiger partial charge in [-0.3, -0.25) is 0 Å². The van der Waals surface area contributed by atoms with Gasteiger partial charge < -0.3 is 9.47 Å². The van der Waals surface area contributed by atoms with Gasteiger partial charge in [0.05, 0.1) is 26.4 Å². The molecular formula is C14H24O2. The molecule has 0 aliphatic heterocycles. The molecule has 0 heterocycles. The van der Waals surface area contributed by atoms with Crippen LogP contribution in [-0.2, 0) is 9.47 Å². The van der Waals surface area contributed by atoms with Crippen LogP contribution in [0.2, 0.25) is 0 Å². The first-order valence-corrected chi connectivity index (χ1v) is 6.25. The molecule has 16 heavy (non-hydrogen) atoms. The largest absolute Gasteiger partial charge is 0.377 e. The van der Waals surface area contributed by atoms with Crippen LogP contribution in [0.15, 0.2) is 25.3 Å². The summed E-state index contributed by atoms with van der Waals surface area (Å²) < 4.78 is 11.1. The Bertz CT molecular complexity index is 179. The molecule has 0 aromatic carbocycles. The van der Waals surface area contributed by atoms with Crippen molar-refractivity contribution in [3.8, 4) is 0 Å². The van der Waals surface area contributed by atoms with E-state index in [1.165, 1.54) is 25.7 Å². The molecule has 0 bridgehead atoms. The topological polar surface area (TPSA) is 18.5 Å². The summed E-state index contributed by atoms with van der Waals surface area (Å²) >= 11 is 0. The van der Waals surface area contributed by atoms with Crippen molar-refractivity contribution in [1.82, 2.24) is 0 Å². The fourth-order valence-corrected chi connectivity index (χ4v) is 2.33. The minimum absolute atomic E-state index is 0.663. The van der Waals surface area contributed by atoms with E-state index in [1.54, 1.807) is 0 Å². The lowest BCUT2D eigenvalue weighted by molar-refractivity contribution is 0.0282. The van der Waals surface area contributed by atoms with Gasteiger partial charge in [-0.1, -0.05) is 25.0 Å². The highest BCUT2D eigenvalue weighted by molar-refractivity contribution is 4.76. The van der Waals surface area contributed by atoms with Gasteiger partial charge in [0.25, 0.3) is 0 Å². The number of hydrogen-bond donors (Lipinski definition) is 0. The lowest BCUT2D eigenvalue weighted by Gasteiger charge is -2.31. The summed E-state index contributed by atoms with van der Waals surface area (Å²) in [5.74, 6) is 1.33. The van der Waals surface area contributed by atoms with Crippen LogP contribution in [0.5, 0.6) is 0 Å². The summed E-state index contributed by atoms with van der Waals surface area (Å²) in [5.41, 5.74) is 0. The first kappa shape index (κ1) is 13.5. The van der Waals surface area contributed by atoms with E-state index in [9.17, 15) is 0 Å². The lowest BCUT2D eigenvalue weighted by atomic mass is 9.80. The van der Waals surface area contributed by atoms with Gasteiger partial charge in [-0.2, -0.15) is 0 Å². The Morgan fingerprint density at radius 1 is 0.875 bits per heavy atom. The quantitative estimate of drug-likeness (QED) is 0.465. The Balaban J connectivity index is 2.25. The highest BCUT2D eigenvalue weighted by atomic mass is 16.5. The Morgan fingerprint density at radius 3 is 1.69 bits per heavy atom. The van der Waals surface area contributed by atoms with E-state index in [0.29, 0.717) is 25.0 Å². The van der Waals surface area contributed by atoms with Gasteiger partial charge in [0.2, 0.25) is 0 Å². The lowest BCUT2D eigenvalue weighted by Crippen LogP contribution is -2.27. The predicted molar refractivity (Wildman–Crippen MR) is 67.5 cm³/mol. The van der Waals surface area contributed by atoms with Gasteiger partial charge in [-0.15, -0.1) is 13.2 Å². The molecule has 1 rings (SSSR count). The monoisotopic (exact) mass is 224 g/mol. The van der Waals surface area contributed by atoms with Crippen molar-refractivity contribution in [2.75, 3.05) is 26.4 Å². The van der Waals surface area contributed by atoms with Crippen molar-refractivity contribution in [1.29, 1.82) is 0 Å². The molecule has 1 aliphatic carbocycles. The smallest absolute Gasteiger partial charge is 0.0644 e. The van der Waals surface area contributed by atoms with E-state index in [0.717, 1.165) is 13.2 Å². The zero-order chi connectivity index (χ0) is 11.6. The first-order chi connectivity index (χ1) is 7.88. The zero-order valence-corrected chi connectivity index (χ0v) is 10.2. The molecule has 0 aromatic heterocycles. The molecule has 0 radical (unpaired) electrons. The second-order valence-electron chi connectivity index (χ2n) is 4.46. The van der Waals surface area contributed by atoms with Crippen LogP contribution < -0.4 is 0 Å². The molecule has 2 nitrogen and oxygen atoms in total. The Labute approximate surface area is 99.3 Å². The molecular weight excluding hydrogens is 200 g/mol. The fourth-order valence-electron chi connectivity index (χ4n) is 2.33. The van der Waals surface area contributed by atoms with Crippen LogP contribution in [-0.4, -0.2) is 26.4 Å².